The number of aryl methyl sites for hydroxylation is 1. The van der Waals surface area contributed by atoms with Crippen LogP contribution in [0.1, 0.15) is 83.0 Å². The van der Waals surface area contributed by atoms with E-state index in [-0.39, 0.29) is 29.7 Å². The van der Waals surface area contributed by atoms with Gasteiger partial charge in [0, 0.05) is 70.4 Å². The molecule has 11 nitrogen and oxygen atoms in total. The fraction of sp³-hybridized carbons (Fsp3) is 0.594. The minimum absolute atomic E-state index is 0.0130. The molecular formula is C32H43N5O6. The highest BCUT2D eigenvalue weighted by Gasteiger charge is 2.40. The van der Waals surface area contributed by atoms with Crippen LogP contribution in [0.3, 0.4) is 0 Å². The van der Waals surface area contributed by atoms with Crippen molar-refractivity contribution in [1.82, 2.24) is 24.9 Å². The lowest BCUT2D eigenvalue weighted by Crippen LogP contribution is -2.50. The third-order valence-corrected chi connectivity index (χ3v) is 8.96. The molecule has 0 bridgehead atoms. The van der Waals surface area contributed by atoms with Gasteiger partial charge in [-0.25, -0.2) is 4.79 Å². The highest BCUT2D eigenvalue weighted by molar-refractivity contribution is 5.97. The Morgan fingerprint density at radius 3 is 2.28 bits per heavy atom. The van der Waals surface area contributed by atoms with Gasteiger partial charge in [-0.1, -0.05) is 20.8 Å². The Morgan fingerprint density at radius 2 is 1.65 bits per heavy atom. The molecule has 2 saturated heterocycles. The molecule has 232 valence electrons. The number of carbonyl (C=O) groups is 4. The second kappa shape index (κ2) is 12.5. The average molecular weight is 594 g/mol. The van der Waals surface area contributed by atoms with E-state index in [4.69, 9.17) is 14.6 Å². The van der Waals surface area contributed by atoms with E-state index in [2.05, 4.69) is 5.32 Å². The Bertz CT molecular complexity index is 1370. The SMILES string of the molecule is CCc1nn(CC(C)(C)COC(=O)c2ccc(C(=O)N3CCN(C(C)=O)CC3)cc2)c2c1C(=O)NCC1(CCOCC1)C2. The predicted octanol–water partition coefficient (Wildman–Crippen LogP) is 2.72. The minimum atomic E-state index is -0.462. The maximum absolute atomic E-state index is 13.2. The number of aromatic nitrogens is 2. The largest absolute Gasteiger partial charge is 0.461 e. The van der Waals surface area contributed by atoms with Crippen molar-refractivity contribution in [2.24, 2.45) is 10.8 Å². The van der Waals surface area contributed by atoms with Crippen molar-refractivity contribution in [3.05, 3.63) is 52.3 Å². The molecule has 0 atom stereocenters. The summed E-state index contributed by atoms with van der Waals surface area (Å²) in [5.41, 5.74) is 2.79. The first-order valence-corrected chi connectivity index (χ1v) is 15.3. The molecule has 0 unspecified atom stereocenters. The molecule has 1 N–H and O–H groups in total. The van der Waals surface area contributed by atoms with Gasteiger partial charge in [0.25, 0.3) is 11.8 Å². The summed E-state index contributed by atoms with van der Waals surface area (Å²) in [4.78, 5) is 54.1. The summed E-state index contributed by atoms with van der Waals surface area (Å²) < 4.78 is 13.3. The number of hydrogen-bond donors (Lipinski definition) is 1. The van der Waals surface area contributed by atoms with Gasteiger partial charge in [-0.2, -0.15) is 5.10 Å². The summed E-state index contributed by atoms with van der Waals surface area (Å²) in [7, 11) is 0. The molecule has 5 rings (SSSR count). The van der Waals surface area contributed by atoms with E-state index in [1.807, 2.05) is 25.5 Å². The number of benzene rings is 1. The van der Waals surface area contributed by atoms with Crippen LogP contribution in [-0.4, -0.2) is 95.8 Å². The number of rotatable bonds is 7. The number of esters is 1. The monoisotopic (exact) mass is 593 g/mol. The van der Waals surface area contributed by atoms with Crippen molar-refractivity contribution >= 4 is 23.7 Å². The Balaban J connectivity index is 1.22. The van der Waals surface area contributed by atoms with Crippen LogP contribution < -0.4 is 5.32 Å². The van der Waals surface area contributed by atoms with Gasteiger partial charge < -0.3 is 24.6 Å². The Hall–Kier alpha value is -3.73. The number of nitrogens with one attached hydrogen (secondary N) is 1. The van der Waals surface area contributed by atoms with Gasteiger partial charge in [0.05, 0.1) is 29.1 Å². The second-order valence-corrected chi connectivity index (χ2v) is 12.9. The minimum Gasteiger partial charge on any atom is -0.461 e. The van der Waals surface area contributed by atoms with Gasteiger partial charge in [0.2, 0.25) is 5.91 Å². The fourth-order valence-electron chi connectivity index (χ4n) is 6.25. The van der Waals surface area contributed by atoms with Crippen molar-refractivity contribution < 1.29 is 28.7 Å². The van der Waals surface area contributed by atoms with Crippen LogP contribution >= 0.6 is 0 Å². The molecule has 4 heterocycles. The number of nitrogens with zero attached hydrogens (tertiary/aromatic N) is 4. The molecule has 2 fully saturated rings. The molecule has 0 aliphatic carbocycles. The average Bonchev–Trinajstić information content (AvgIpc) is 3.27. The van der Waals surface area contributed by atoms with Crippen LogP contribution in [0, 0.1) is 10.8 Å². The Morgan fingerprint density at radius 1 is 1.02 bits per heavy atom. The van der Waals surface area contributed by atoms with E-state index in [0.717, 1.165) is 30.7 Å². The molecule has 0 radical (unpaired) electrons. The normalized spacial score (nSPS) is 18.6. The van der Waals surface area contributed by atoms with Crippen LogP contribution in [0.25, 0.3) is 0 Å². The van der Waals surface area contributed by atoms with Gasteiger partial charge >= 0.3 is 5.97 Å². The Labute approximate surface area is 252 Å². The van der Waals surface area contributed by atoms with Crippen molar-refractivity contribution in [3.63, 3.8) is 0 Å². The number of fused-ring (bicyclic) bond motifs is 1. The zero-order valence-electron chi connectivity index (χ0n) is 25.7. The molecule has 3 aliphatic heterocycles. The molecule has 43 heavy (non-hydrogen) atoms. The van der Waals surface area contributed by atoms with Crippen LogP contribution in [0.15, 0.2) is 24.3 Å². The highest BCUT2D eigenvalue weighted by atomic mass is 16.5. The van der Waals surface area contributed by atoms with Crippen LogP contribution in [-0.2, 0) is 33.7 Å². The van der Waals surface area contributed by atoms with Crippen molar-refractivity contribution in [1.29, 1.82) is 0 Å². The van der Waals surface area contributed by atoms with E-state index in [0.29, 0.717) is 75.6 Å². The molecule has 3 aliphatic rings. The first kappa shape index (κ1) is 30.7. The lowest BCUT2D eigenvalue weighted by Gasteiger charge is -2.36. The molecule has 11 heteroatoms. The molecule has 2 aromatic rings. The van der Waals surface area contributed by atoms with Crippen LogP contribution in [0.2, 0.25) is 0 Å². The van der Waals surface area contributed by atoms with Crippen LogP contribution in [0.5, 0.6) is 0 Å². The maximum atomic E-state index is 13.2. The summed E-state index contributed by atoms with van der Waals surface area (Å²) in [5, 5.41) is 8.01. The number of hydrogen-bond acceptors (Lipinski definition) is 7. The second-order valence-electron chi connectivity index (χ2n) is 12.9. The summed E-state index contributed by atoms with van der Waals surface area (Å²) in [6.45, 7) is 12.3. The predicted molar refractivity (Wildman–Crippen MR) is 159 cm³/mol. The van der Waals surface area contributed by atoms with E-state index in [1.165, 1.54) is 6.92 Å². The summed E-state index contributed by atoms with van der Waals surface area (Å²) in [6, 6.07) is 6.51. The quantitative estimate of drug-likeness (QED) is 0.490. The third-order valence-electron chi connectivity index (χ3n) is 8.96. The third kappa shape index (κ3) is 6.76. The van der Waals surface area contributed by atoms with Gasteiger partial charge in [-0.05, 0) is 55.4 Å². The first-order valence-electron chi connectivity index (χ1n) is 15.3. The lowest BCUT2D eigenvalue weighted by atomic mass is 9.76. The molecule has 1 aromatic carbocycles. The number of ether oxygens (including phenoxy) is 2. The molecule has 1 spiro atoms. The van der Waals surface area contributed by atoms with E-state index in [9.17, 15) is 19.2 Å². The fourth-order valence-corrected chi connectivity index (χ4v) is 6.25. The topological polar surface area (TPSA) is 123 Å². The lowest BCUT2D eigenvalue weighted by molar-refractivity contribution is -0.130. The van der Waals surface area contributed by atoms with E-state index in [1.54, 1.807) is 34.1 Å². The van der Waals surface area contributed by atoms with Gasteiger partial charge in [-0.3, -0.25) is 19.1 Å². The number of amides is 3. The van der Waals surface area contributed by atoms with Gasteiger partial charge in [0.15, 0.2) is 0 Å². The molecule has 3 amide bonds. The van der Waals surface area contributed by atoms with Crippen molar-refractivity contribution in [2.75, 3.05) is 52.5 Å². The standard InChI is InChI=1S/C32H43N5O6/c1-5-25-27-26(18-32(19-33-28(27)39)10-16-42-17-11-32)37(34-25)20-31(3,4)21-43-30(41)24-8-6-23(7-9-24)29(40)36-14-12-35(13-15-36)22(2)38/h6-9H,5,10-21H2,1-4H3,(H,33,39). The summed E-state index contributed by atoms with van der Waals surface area (Å²) >= 11 is 0. The maximum Gasteiger partial charge on any atom is 0.338 e. The van der Waals surface area contributed by atoms with Gasteiger partial charge in [0.1, 0.15) is 0 Å². The van der Waals surface area contributed by atoms with E-state index < -0.39 is 11.4 Å². The zero-order chi connectivity index (χ0) is 30.8. The summed E-state index contributed by atoms with van der Waals surface area (Å²) in [5.74, 6) is -0.633. The van der Waals surface area contributed by atoms with Gasteiger partial charge in [-0.15, -0.1) is 0 Å². The molecule has 0 saturated carbocycles. The molecular weight excluding hydrogens is 550 g/mol. The zero-order valence-corrected chi connectivity index (χ0v) is 25.7. The highest BCUT2D eigenvalue weighted by Crippen LogP contribution is 2.38. The Kier molecular flexibility index (Phi) is 8.91. The number of carbonyl (C=O) groups excluding carboxylic acids is 4. The smallest absolute Gasteiger partial charge is 0.338 e. The summed E-state index contributed by atoms with van der Waals surface area (Å²) in [6.07, 6.45) is 3.19. The molecule has 1 aromatic heterocycles. The van der Waals surface area contributed by atoms with Crippen molar-refractivity contribution in [3.8, 4) is 0 Å². The first-order chi connectivity index (χ1) is 20.5. The van der Waals surface area contributed by atoms with E-state index >= 15 is 0 Å². The van der Waals surface area contributed by atoms with Crippen molar-refractivity contribution in [2.45, 2.75) is 59.9 Å². The van der Waals surface area contributed by atoms with Crippen LogP contribution in [0.4, 0.5) is 0 Å². The number of piperazine rings is 1.